The number of ether oxygens (including phenoxy) is 2. The molecule has 1 heterocycles. The summed E-state index contributed by atoms with van der Waals surface area (Å²) in [5.74, 6) is 1.25. The second-order valence-electron chi connectivity index (χ2n) is 4.92. The van der Waals surface area contributed by atoms with E-state index in [0.29, 0.717) is 17.1 Å². The number of fused-ring (bicyclic) bond motifs is 1. The zero-order chi connectivity index (χ0) is 14.0. The fourth-order valence-electron chi connectivity index (χ4n) is 1.77. The number of hydrogen-bond acceptors (Lipinski definition) is 4. The first-order valence-electron chi connectivity index (χ1n) is 6.37. The molecule has 0 aliphatic rings. The van der Waals surface area contributed by atoms with Crippen molar-refractivity contribution in [2.45, 2.75) is 39.9 Å². The van der Waals surface area contributed by atoms with Crippen LogP contribution in [0.5, 0.6) is 11.5 Å². The predicted octanol–water partition coefficient (Wildman–Crippen LogP) is 3.37. The van der Waals surface area contributed by atoms with Crippen molar-refractivity contribution in [3.63, 3.8) is 0 Å². The Hall–Kier alpha value is -1.97. The van der Waals surface area contributed by atoms with Crippen LogP contribution in [0.1, 0.15) is 27.7 Å². The predicted molar refractivity (Wildman–Crippen MR) is 74.0 cm³/mol. The van der Waals surface area contributed by atoms with Gasteiger partial charge in [0.15, 0.2) is 11.5 Å². The number of rotatable bonds is 4. The minimum Gasteiger partial charge on any atom is -0.487 e. The van der Waals surface area contributed by atoms with E-state index in [1.54, 1.807) is 12.1 Å². The quantitative estimate of drug-likeness (QED) is 0.793. The summed E-state index contributed by atoms with van der Waals surface area (Å²) in [4.78, 5) is 11.2. The lowest BCUT2D eigenvalue weighted by Crippen LogP contribution is -2.11. The molecule has 0 saturated carbocycles. The molecule has 0 aliphatic heterocycles. The van der Waals surface area contributed by atoms with Crippen LogP contribution < -0.4 is 15.1 Å². The van der Waals surface area contributed by atoms with Gasteiger partial charge in [-0.3, -0.25) is 0 Å². The van der Waals surface area contributed by atoms with Crippen molar-refractivity contribution in [3.8, 4) is 11.5 Å². The molecule has 0 amide bonds. The largest absolute Gasteiger partial charge is 0.487 e. The molecule has 0 saturated heterocycles. The molecule has 0 fully saturated rings. The maximum Gasteiger partial charge on any atom is 0.336 e. The normalized spacial score (nSPS) is 11.3. The summed E-state index contributed by atoms with van der Waals surface area (Å²) >= 11 is 0. The van der Waals surface area contributed by atoms with Crippen molar-refractivity contribution in [2.24, 2.45) is 0 Å². The smallest absolute Gasteiger partial charge is 0.336 e. The Kier molecular flexibility index (Phi) is 3.79. The molecule has 0 unspecified atom stereocenters. The molecule has 0 N–H and O–H groups in total. The Labute approximate surface area is 111 Å². The van der Waals surface area contributed by atoms with E-state index in [9.17, 15) is 4.79 Å². The van der Waals surface area contributed by atoms with Crippen molar-refractivity contribution in [1.29, 1.82) is 0 Å². The van der Waals surface area contributed by atoms with Gasteiger partial charge in [-0.2, -0.15) is 0 Å². The SMILES string of the molecule is CC(C)Oc1cc2ccc(=O)oc2cc1OC(C)C. The second kappa shape index (κ2) is 5.34. The molecule has 0 atom stereocenters. The van der Waals surface area contributed by atoms with Crippen LogP contribution in [0, 0.1) is 0 Å². The molecule has 0 aliphatic carbocycles. The summed E-state index contributed by atoms with van der Waals surface area (Å²) < 4.78 is 16.6. The van der Waals surface area contributed by atoms with Crippen LogP contribution in [-0.2, 0) is 0 Å². The number of benzene rings is 1. The molecule has 102 valence electrons. The van der Waals surface area contributed by atoms with E-state index in [2.05, 4.69) is 0 Å². The minimum absolute atomic E-state index is 0.0161. The summed E-state index contributed by atoms with van der Waals surface area (Å²) in [5.41, 5.74) is 0.125. The Bertz CT molecular complexity index is 626. The topological polar surface area (TPSA) is 48.7 Å². The fourth-order valence-corrected chi connectivity index (χ4v) is 1.77. The van der Waals surface area contributed by atoms with Crippen LogP contribution in [0.4, 0.5) is 0 Å². The summed E-state index contributed by atoms with van der Waals surface area (Å²) in [6.45, 7) is 7.78. The van der Waals surface area contributed by atoms with Crippen LogP contribution >= 0.6 is 0 Å². The average molecular weight is 262 g/mol. The first-order chi connectivity index (χ1) is 8.95. The van der Waals surface area contributed by atoms with Gasteiger partial charge >= 0.3 is 5.63 Å². The van der Waals surface area contributed by atoms with Crippen molar-refractivity contribution in [3.05, 3.63) is 34.7 Å². The van der Waals surface area contributed by atoms with E-state index in [-0.39, 0.29) is 17.8 Å². The van der Waals surface area contributed by atoms with Crippen LogP contribution in [-0.4, -0.2) is 12.2 Å². The van der Waals surface area contributed by atoms with Gasteiger partial charge in [-0.15, -0.1) is 0 Å². The Morgan fingerprint density at radius 3 is 2.11 bits per heavy atom. The highest BCUT2D eigenvalue weighted by atomic mass is 16.5. The van der Waals surface area contributed by atoms with Gasteiger partial charge in [0.2, 0.25) is 0 Å². The molecular weight excluding hydrogens is 244 g/mol. The van der Waals surface area contributed by atoms with Crippen LogP contribution in [0.3, 0.4) is 0 Å². The van der Waals surface area contributed by atoms with Gasteiger partial charge in [-0.05, 0) is 39.8 Å². The molecule has 1 aromatic carbocycles. The maximum atomic E-state index is 11.2. The summed E-state index contributed by atoms with van der Waals surface area (Å²) in [6, 6.07) is 6.64. The van der Waals surface area contributed by atoms with Crippen molar-refractivity contribution in [1.82, 2.24) is 0 Å². The van der Waals surface area contributed by atoms with Crippen molar-refractivity contribution < 1.29 is 13.9 Å². The minimum atomic E-state index is -0.375. The highest BCUT2D eigenvalue weighted by molar-refractivity contribution is 5.80. The molecule has 0 radical (unpaired) electrons. The Morgan fingerprint density at radius 2 is 1.53 bits per heavy atom. The molecule has 0 spiro atoms. The van der Waals surface area contributed by atoms with E-state index in [1.165, 1.54) is 6.07 Å². The second-order valence-corrected chi connectivity index (χ2v) is 4.92. The van der Waals surface area contributed by atoms with Gasteiger partial charge in [0.05, 0.1) is 12.2 Å². The lowest BCUT2D eigenvalue weighted by molar-refractivity contribution is 0.199. The lowest BCUT2D eigenvalue weighted by atomic mass is 10.2. The van der Waals surface area contributed by atoms with Crippen LogP contribution in [0.25, 0.3) is 11.0 Å². The van der Waals surface area contributed by atoms with E-state index in [0.717, 1.165) is 5.39 Å². The molecule has 0 bridgehead atoms. The summed E-state index contributed by atoms with van der Waals surface area (Å²) in [6.07, 6.45) is 0.0603. The first-order valence-corrected chi connectivity index (χ1v) is 6.37. The van der Waals surface area contributed by atoms with E-state index in [1.807, 2.05) is 33.8 Å². The zero-order valence-electron chi connectivity index (χ0n) is 11.6. The monoisotopic (exact) mass is 262 g/mol. The maximum absolute atomic E-state index is 11.2. The van der Waals surface area contributed by atoms with E-state index < -0.39 is 0 Å². The summed E-state index contributed by atoms with van der Waals surface area (Å²) in [7, 11) is 0. The highest BCUT2D eigenvalue weighted by Gasteiger charge is 2.12. The zero-order valence-corrected chi connectivity index (χ0v) is 11.6. The molecule has 4 nitrogen and oxygen atoms in total. The van der Waals surface area contributed by atoms with E-state index >= 15 is 0 Å². The van der Waals surface area contributed by atoms with Crippen molar-refractivity contribution >= 4 is 11.0 Å². The third kappa shape index (κ3) is 3.28. The molecule has 2 rings (SSSR count). The third-order valence-electron chi connectivity index (χ3n) is 2.41. The van der Waals surface area contributed by atoms with Gasteiger partial charge in [0.1, 0.15) is 5.58 Å². The first kappa shape index (κ1) is 13.5. The summed E-state index contributed by atoms with van der Waals surface area (Å²) in [5, 5.41) is 0.811. The average Bonchev–Trinajstić information content (AvgIpc) is 2.28. The van der Waals surface area contributed by atoms with Gasteiger partial charge in [-0.25, -0.2) is 4.79 Å². The molecule has 4 heteroatoms. The molecule has 2 aromatic rings. The standard InChI is InChI=1S/C15H18O4/c1-9(2)17-13-7-11-5-6-15(16)19-12(11)8-14(13)18-10(3)4/h5-10H,1-4H3. The fraction of sp³-hybridized carbons (Fsp3) is 0.400. The highest BCUT2D eigenvalue weighted by Crippen LogP contribution is 2.33. The Balaban J connectivity index is 2.55. The van der Waals surface area contributed by atoms with Crippen molar-refractivity contribution in [2.75, 3.05) is 0 Å². The van der Waals surface area contributed by atoms with Gasteiger partial charge < -0.3 is 13.9 Å². The number of hydrogen-bond donors (Lipinski definition) is 0. The van der Waals surface area contributed by atoms with Crippen LogP contribution in [0.2, 0.25) is 0 Å². The van der Waals surface area contributed by atoms with Gasteiger partial charge in [0, 0.05) is 17.5 Å². The third-order valence-corrected chi connectivity index (χ3v) is 2.41. The lowest BCUT2D eigenvalue weighted by Gasteiger charge is -2.17. The van der Waals surface area contributed by atoms with E-state index in [4.69, 9.17) is 13.9 Å². The molecular formula is C15H18O4. The molecule has 1 aromatic heterocycles. The van der Waals surface area contributed by atoms with Gasteiger partial charge in [0.25, 0.3) is 0 Å². The molecule has 19 heavy (non-hydrogen) atoms. The van der Waals surface area contributed by atoms with Crippen LogP contribution in [0.15, 0.2) is 33.5 Å². The Morgan fingerprint density at radius 1 is 0.947 bits per heavy atom. The van der Waals surface area contributed by atoms with Gasteiger partial charge in [-0.1, -0.05) is 0 Å².